The van der Waals surface area contributed by atoms with E-state index in [1.54, 1.807) is 24.3 Å². The Hall–Kier alpha value is -2.40. The molecule has 1 aromatic heterocycles. The van der Waals surface area contributed by atoms with Crippen LogP contribution in [0.15, 0.2) is 42.6 Å². The number of hydrogen-bond acceptors (Lipinski definition) is 3. The van der Waals surface area contributed by atoms with Gasteiger partial charge in [-0.1, -0.05) is 23.7 Å². The third kappa shape index (κ3) is 4.29. The molecule has 0 aliphatic carbocycles. The van der Waals surface area contributed by atoms with Crippen molar-refractivity contribution in [3.05, 3.63) is 64.7 Å². The number of benzene rings is 1. The summed E-state index contributed by atoms with van der Waals surface area (Å²) in [4.78, 5) is 14.4. The molecule has 2 rings (SSSR count). The van der Waals surface area contributed by atoms with Crippen molar-refractivity contribution in [2.24, 2.45) is 0 Å². The number of aromatic nitrogens is 1. The Labute approximate surface area is 125 Å². The van der Waals surface area contributed by atoms with E-state index in [0.29, 0.717) is 17.0 Å². The Kier molecular flexibility index (Phi) is 4.90. The van der Waals surface area contributed by atoms with Gasteiger partial charge in [0.25, 0.3) is 0 Å². The molecule has 6 heteroatoms. The highest BCUT2D eigenvalue weighted by molar-refractivity contribution is 6.30. The Morgan fingerprint density at radius 3 is 2.86 bits per heavy atom. The summed E-state index contributed by atoms with van der Waals surface area (Å²) in [5, 5.41) is 8.55. The van der Waals surface area contributed by atoms with Gasteiger partial charge in [-0.15, -0.1) is 0 Å². The monoisotopic (exact) mass is 307 g/mol. The van der Waals surface area contributed by atoms with Crippen molar-refractivity contribution in [1.29, 1.82) is 0 Å². The van der Waals surface area contributed by atoms with E-state index in [4.69, 9.17) is 21.4 Å². The van der Waals surface area contributed by atoms with Crippen LogP contribution in [0.2, 0.25) is 5.02 Å². The molecule has 0 saturated heterocycles. The van der Waals surface area contributed by atoms with Crippen molar-refractivity contribution in [2.45, 2.75) is 6.61 Å². The highest BCUT2D eigenvalue weighted by Gasteiger charge is 2.06. The fraction of sp³-hybridized carbons (Fsp3) is 0.0667. The lowest BCUT2D eigenvalue weighted by molar-refractivity contribution is -0.131. The number of aliphatic carboxylic acids is 1. The third-order valence-electron chi connectivity index (χ3n) is 2.58. The quantitative estimate of drug-likeness (QED) is 0.858. The van der Waals surface area contributed by atoms with Gasteiger partial charge in [-0.2, -0.15) is 0 Å². The predicted octanol–water partition coefficient (Wildman–Crippen LogP) is 3.55. The van der Waals surface area contributed by atoms with E-state index in [1.807, 2.05) is 0 Å². The fourth-order valence-corrected chi connectivity index (χ4v) is 1.75. The molecule has 2 aromatic rings. The SMILES string of the molecule is O=C(O)/C=C/c1ccc(OCc2cccc(Cl)c2F)cn1. The second kappa shape index (κ2) is 6.85. The number of halogens is 2. The van der Waals surface area contributed by atoms with Crippen LogP contribution in [0, 0.1) is 5.82 Å². The van der Waals surface area contributed by atoms with Gasteiger partial charge < -0.3 is 9.84 Å². The van der Waals surface area contributed by atoms with E-state index < -0.39 is 11.8 Å². The molecule has 0 bridgehead atoms. The van der Waals surface area contributed by atoms with Gasteiger partial charge in [0.2, 0.25) is 0 Å². The highest BCUT2D eigenvalue weighted by atomic mass is 35.5. The molecule has 0 fully saturated rings. The number of ether oxygens (including phenoxy) is 1. The number of carbonyl (C=O) groups is 1. The van der Waals surface area contributed by atoms with Crippen molar-refractivity contribution < 1.29 is 19.0 Å². The Morgan fingerprint density at radius 2 is 2.19 bits per heavy atom. The second-order valence-corrected chi connectivity index (χ2v) is 4.50. The van der Waals surface area contributed by atoms with Crippen molar-refractivity contribution in [3.63, 3.8) is 0 Å². The maximum atomic E-state index is 13.7. The maximum Gasteiger partial charge on any atom is 0.328 e. The van der Waals surface area contributed by atoms with Crippen molar-refractivity contribution in [2.75, 3.05) is 0 Å². The van der Waals surface area contributed by atoms with E-state index in [-0.39, 0.29) is 11.6 Å². The molecular weight excluding hydrogens is 297 g/mol. The van der Waals surface area contributed by atoms with Crippen LogP contribution in [0.3, 0.4) is 0 Å². The molecule has 0 atom stereocenters. The molecule has 0 radical (unpaired) electrons. The first-order valence-corrected chi connectivity index (χ1v) is 6.37. The zero-order valence-electron chi connectivity index (χ0n) is 10.8. The van der Waals surface area contributed by atoms with Crippen LogP contribution in [0.5, 0.6) is 5.75 Å². The topological polar surface area (TPSA) is 59.4 Å². The Balaban J connectivity index is 2.01. The van der Waals surface area contributed by atoms with E-state index in [2.05, 4.69) is 4.98 Å². The lowest BCUT2D eigenvalue weighted by atomic mass is 10.2. The van der Waals surface area contributed by atoms with Crippen LogP contribution >= 0.6 is 11.6 Å². The van der Waals surface area contributed by atoms with Crippen LogP contribution < -0.4 is 4.74 Å². The number of carboxylic acids is 1. The zero-order valence-corrected chi connectivity index (χ0v) is 11.5. The molecule has 1 N–H and O–H groups in total. The first-order chi connectivity index (χ1) is 10.1. The van der Waals surface area contributed by atoms with Crippen LogP contribution in [0.4, 0.5) is 4.39 Å². The summed E-state index contributed by atoms with van der Waals surface area (Å²) in [6, 6.07) is 7.91. The van der Waals surface area contributed by atoms with E-state index in [9.17, 15) is 9.18 Å². The molecule has 1 heterocycles. The second-order valence-electron chi connectivity index (χ2n) is 4.09. The van der Waals surface area contributed by atoms with Gasteiger partial charge in [-0.3, -0.25) is 4.98 Å². The summed E-state index contributed by atoms with van der Waals surface area (Å²) in [5.74, 6) is -1.11. The summed E-state index contributed by atoms with van der Waals surface area (Å²) in [6.45, 7) is 0.0262. The summed E-state index contributed by atoms with van der Waals surface area (Å²) in [7, 11) is 0. The molecule has 0 saturated carbocycles. The summed E-state index contributed by atoms with van der Waals surface area (Å²) >= 11 is 5.68. The number of hydrogen-bond donors (Lipinski definition) is 1. The van der Waals surface area contributed by atoms with Crippen LogP contribution in [0.1, 0.15) is 11.3 Å². The molecule has 0 aliphatic rings. The van der Waals surface area contributed by atoms with Gasteiger partial charge >= 0.3 is 5.97 Å². The fourth-order valence-electron chi connectivity index (χ4n) is 1.55. The van der Waals surface area contributed by atoms with Gasteiger partial charge in [0.05, 0.1) is 16.9 Å². The summed E-state index contributed by atoms with van der Waals surface area (Å²) in [6.07, 6.45) is 3.79. The molecule has 108 valence electrons. The Morgan fingerprint density at radius 1 is 1.38 bits per heavy atom. The van der Waals surface area contributed by atoms with E-state index in [0.717, 1.165) is 6.08 Å². The van der Waals surface area contributed by atoms with Crippen molar-refractivity contribution >= 4 is 23.6 Å². The van der Waals surface area contributed by atoms with Crippen LogP contribution in [-0.4, -0.2) is 16.1 Å². The minimum Gasteiger partial charge on any atom is -0.487 e. The predicted molar refractivity (Wildman–Crippen MR) is 76.6 cm³/mol. The molecule has 0 amide bonds. The van der Waals surface area contributed by atoms with Gasteiger partial charge in [-0.25, -0.2) is 9.18 Å². The normalized spacial score (nSPS) is 10.8. The first-order valence-electron chi connectivity index (χ1n) is 5.99. The molecule has 1 aromatic carbocycles. The number of nitrogens with zero attached hydrogens (tertiary/aromatic N) is 1. The zero-order chi connectivity index (χ0) is 15.2. The summed E-state index contributed by atoms with van der Waals surface area (Å²) < 4.78 is 19.1. The highest BCUT2D eigenvalue weighted by Crippen LogP contribution is 2.19. The molecule has 0 spiro atoms. The number of carboxylic acid groups (broad SMARTS) is 1. The average Bonchev–Trinajstić information content (AvgIpc) is 2.48. The molecule has 0 unspecified atom stereocenters. The largest absolute Gasteiger partial charge is 0.487 e. The minimum atomic E-state index is -1.05. The lowest BCUT2D eigenvalue weighted by Gasteiger charge is -2.07. The third-order valence-corrected chi connectivity index (χ3v) is 2.87. The smallest absolute Gasteiger partial charge is 0.328 e. The van der Waals surface area contributed by atoms with Gasteiger partial charge in [0.1, 0.15) is 18.2 Å². The molecule has 21 heavy (non-hydrogen) atoms. The van der Waals surface area contributed by atoms with Crippen LogP contribution in [0.25, 0.3) is 6.08 Å². The maximum absolute atomic E-state index is 13.7. The molecular formula is C15H11ClFNO3. The van der Waals surface area contributed by atoms with E-state index >= 15 is 0 Å². The van der Waals surface area contributed by atoms with Crippen molar-refractivity contribution in [3.8, 4) is 5.75 Å². The van der Waals surface area contributed by atoms with Crippen LogP contribution in [-0.2, 0) is 11.4 Å². The first kappa shape index (κ1) is 15.0. The Bertz CT molecular complexity index is 671. The average molecular weight is 308 g/mol. The molecule has 4 nitrogen and oxygen atoms in total. The van der Waals surface area contributed by atoms with Gasteiger partial charge in [0.15, 0.2) is 0 Å². The van der Waals surface area contributed by atoms with Gasteiger partial charge in [0, 0.05) is 11.6 Å². The number of pyridine rings is 1. The van der Waals surface area contributed by atoms with E-state index in [1.165, 1.54) is 18.3 Å². The standard InChI is InChI=1S/C15H11ClFNO3/c16-13-3-1-2-10(15(13)17)9-21-12-6-4-11(18-8-12)5-7-14(19)20/h1-8H,9H2,(H,19,20)/b7-5+. The molecule has 0 aliphatic heterocycles. The van der Waals surface area contributed by atoms with Crippen molar-refractivity contribution in [1.82, 2.24) is 4.98 Å². The van der Waals surface area contributed by atoms with Gasteiger partial charge in [-0.05, 0) is 24.3 Å². The number of rotatable bonds is 5. The summed E-state index contributed by atoms with van der Waals surface area (Å²) in [5.41, 5.74) is 0.830. The lowest BCUT2D eigenvalue weighted by Crippen LogP contribution is -1.99. The minimum absolute atomic E-state index is 0.0262.